The largest absolute Gasteiger partial charge is 0.341 e. The van der Waals surface area contributed by atoms with E-state index in [1.807, 2.05) is 69.0 Å². The molecular formula is C33H40N4O4. The zero-order valence-corrected chi connectivity index (χ0v) is 24.6. The number of aromatic nitrogens is 2. The third-order valence-corrected chi connectivity index (χ3v) is 8.65. The van der Waals surface area contributed by atoms with Crippen LogP contribution in [0.15, 0.2) is 58.3 Å². The SMILES string of the molecule is Cc1cccc(-c2cn(CC(=O)N3CCC(N4CCc5ccccc5CC4=O)CC3)c(=O)n(CC(C)C)c2=O)c1C. The third-order valence-electron chi connectivity index (χ3n) is 8.65. The van der Waals surface area contributed by atoms with Gasteiger partial charge in [-0.25, -0.2) is 4.79 Å². The summed E-state index contributed by atoms with van der Waals surface area (Å²) < 4.78 is 2.66. The lowest BCUT2D eigenvalue weighted by molar-refractivity contribution is -0.136. The molecule has 0 atom stereocenters. The van der Waals surface area contributed by atoms with Crippen LogP contribution in [-0.4, -0.2) is 56.4 Å². The minimum absolute atomic E-state index is 0.0897. The summed E-state index contributed by atoms with van der Waals surface area (Å²) in [5, 5.41) is 0. The second-order valence-corrected chi connectivity index (χ2v) is 11.9. The average molecular weight is 557 g/mol. The first-order valence-electron chi connectivity index (χ1n) is 14.7. The molecule has 0 spiro atoms. The molecule has 0 N–H and O–H groups in total. The molecule has 1 aromatic heterocycles. The second kappa shape index (κ2) is 11.9. The second-order valence-electron chi connectivity index (χ2n) is 11.9. The molecule has 5 rings (SSSR count). The molecule has 0 aliphatic carbocycles. The van der Waals surface area contributed by atoms with Gasteiger partial charge in [0.1, 0.15) is 6.54 Å². The molecule has 0 saturated carbocycles. The Kier molecular flexibility index (Phi) is 8.29. The lowest BCUT2D eigenvalue weighted by Gasteiger charge is -2.38. The molecule has 2 aliphatic heterocycles. The van der Waals surface area contributed by atoms with Gasteiger partial charge in [-0.2, -0.15) is 0 Å². The summed E-state index contributed by atoms with van der Waals surface area (Å²) in [6.45, 7) is 9.80. The van der Waals surface area contributed by atoms with Crippen molar-refractivity contribution < 1.29 is 9.59 Å². The highest BCUT2D eigenvalue weighted by atomic mass is 16.2. The van der Waals surface area contributed by atoms with E-state index in [4.69, 9.17) is 0 Å². The average Bonchev–Trinajstić information content (AvgIpc) is 3.12. The highest BCUT2D eigenvalue weighted by Crippen LogP contribution is 2.24. The van der Waals surface area contributed by atoms with Gasteiger partial charge >= 0.3 is 5.69 Å². The van der Waals surface area contributed by atoms with E-state index in [2.05, 4.69) is 6.07 Å². The molecule has 8 heteroatoms. The van der Waals surface area contributed by atoms with Crippen molar-refractivity contribution in [3.63, 3.8) is 0 Å². The lowest BCUT2D eigenvalue weighted by Crippen LogP contribution is -2.50. The third kappa shape index (κ3) is 5.92. The number of rotatable bonds is 6. The Labute approximate surface area is 241 Å². The van der Waals surface area contributed by atoms with Crippen molar-refractivity contribution >= 4 is 11.8 Å². The predicted molar refractivity (Wildman–Crippen MR) is 160 cm³/mol. The fourth-order valence-corrected chi connectivity index (χ4v) is 6.18. The first-order valence-corrected chi connectivity index (χ1v) is 14.7. The van der Waals surface area contributed by atoms with Crippen molar-refractivity contribution in [1.82, 2.24) is 18.9 Å². The van der Waals surface area contributed by atoms with Crippen molar-refractivity contribution in [2.24, 2.45) is 5.92 Å². The summed E-state index contributed by atoms with van der Waals surface area (Å²) in [5.74, 6) is 0.0893. The van der Waals surface area contributed by atoms with Crippen molar-refractivity contribution in [3.8, 4) is 11.1 Å². The van der Waals surface area contributed by atoms with Crippen LogP contribution in [0.25, 0.3) is 11.1 Å². The number of hydrogen-bond acceptors (Lipinski definition) is 4. The number of carbonyl (C=O) groups excluding carboxylic acids is 2. The predicted octanol–water partition coefficient (Wildman–Crippen LogP) is 3.57. The summed E-state index contributed by atoms with van der Waals surface area (Å²) in [6.07, 6.45) is 4.25. The first-order chi connectivity index (χ1) is 19.6. The maximum atomic E-state index is 13.5. The monoisotopic (exact) mass is 556 g/mol. The number of fused-ring (bicyclic) bond motifs is 1. The van der Waals surface area contributed by atoms with E-state index in [1.54, 1.807) is 11.1 Å². The molecule has 3 heterocycles. The van der Waals surface area contributed by atoms with Crippen molar-refractivity contribution in [1.29, 1.82) is 0 Å². The van der Waals surface area contributed by atoms with Crippen LogP contribution in [0.3, 0.4) is 0 Å². The Morgan fingerprint density at radius 3 is 2.32 bits per heavy atom. The standard InChI is InChI=1S/C33H40N4O4/c1-22(2)19-37-32(40)29(28-11-7-8-23(3)24(28)4)20-35(33(37)41)21-31(39)34-15-13-27(14-16-34)36-17-12-25-9-5-6-10-26(25)18-30(36)38/h5-11,20,22,27H,12-19,21H2,1-4H3. The van der Waals surface area contributed by atoms with Crippen LogP contribution in [0.2, 0.25) is 0 Å². The maximum absolute atomic E-state index is 13.5. The van der Waals surface area contributed by atoms with E-state index in [1.165, 1.54) is 14.7 Å². The van der Waals surface area contributed by atoms with Gasteiger partial charge in [-0.3, -0.25) is 23.5 Å². The fourth-order valence-electron chi connectivity index (χ4n) is 6.18. The Morgan fingerprint density at radius 1 is 0.902 bits per heavy atom. The van der Waals surface area contributed by atoms with E-state index >= 15 is 0 Å². The molecular weight excluding hydrogens is 516 g/mol. The van der Waals surface area contributed by atoms with E-state index in [-0.39, 0.29) is 42.4 Å². The fraction of sp³-hybridized carbons (Fsp3) is 0.455. The number of carbonyl (C=O) groups is 2. The molecule has 2 amide bonds. The lowest BCUT2D eigenvalue weighted by atomic mass is 9.99. The topological polar surface area (TPSA) is 84.6 Å². The molecule has 0 bridgehead atoms. The van der Waals surface area contributed by atoms with Crippen LogP contribution in [0, 0.1) is 19.8 Å². The van der Waals surface area contributed by atoms with Crippen LogP contribution >= 0.6 is 0 Å². The zero-order valence-electron chi connectivity index (χ0n) is 24.6. The molecule has 3 aromatic rings. The number of nitrogens with zero attached hydrogens (tertiary/aromatic N) is 4. The summed E-state index contributed by atoms with van der Waals surface area (Å²) in [7, 11) is 0. The van der Waals surface area contributed by atoms with Gasteiger partial charge < -0.3 is 9.80 Å². The van der Waals surface area contributed by atoms with E-state index in [0.29, 0.717) is 44.5 Å². The van der Waals surface area contributed by atoms with Gasteiger partial charge in [-0.15, -0.1) is 0 Å². The number of benzene rings is 2. The Balaban J connectivity index is 1.33. The van der Waals surface area contributed by atoms with Gasteiger partial charge in [-0.1, -0.05) is 56.3 Å². The highest BCUT2D eigenvalue weighted by molar-refractivity contribution is 5.80. The number of piperidine rings is 1. The van der Waals surface area contributed by atoms with Gasteiger partial charge in [0.15, 0.2) is 0 Å². The van der Waals surface area contributed by atoms with Gasteiger partial charge in [-0.05, 0) is 66.8 Å². The molecule has 41 heavy (non-hydrogen) atoms. The Bertz CT molecular complexity index is 1580. The number of aryl methyl sites for hydroxylation is 1. The molecule has 0 radical (unpaired) electrons. The van der Waals surface area contributed by atoms with E-state index in [9.17, 15) is 19.2 Å². The van der Waals surface area contributed by atoms with Crippen LogP contribution in [-0.2, 0) is 35.5 Å². The van der Waals surface area contributed by atoms with Crippen molar-refractivity contribution in [3.05, 3.63) is 91.8 Å². The van der Waals surface area contributed by atoms with E-state index < -0.39 is 5.69 Å². The minimum atomic E-state index is -0.462. The van der Waals surface area contributed by atoms with E-state index in [0.717, 1.165) is 28.7 Å². The number of likely N-dealkylation sites (tertiary alicyclic amines) is 1. The van der Waals surface area contributed by atoms with Crippen molar-refractivity contribution in [2.75, 3.05) is 19.6 Å². The molecule has 1 saturated heterocycles. The molecule has 2 aliphatic rings. The number of amides is 2. The van der Waals surface area contributed by atoms with Gasteiger partial charge in [0, 0.05) is 38.4 Å². The highest BCUT2D eigenvalue weighted by Gasteiger charge is 2.31. The smallest absolute Gasteiger partial charge is 0.331 e. The first kappa shape index (κ1) is 28.6. The maximum Gasteiger partial charge on any atom is 0.331 e. The summed E-state index contributed by atoms with van der Waals surface area (Å²) in [6, 6.07) is 14.0. The van der Waals surface area contributed by atoms with Gasteiger partial charge in [0.2, 0.25) is 11.8 Å². The van der Waals surface area contributed by atoms with Crippen LogP contribution in [0.5, 0.6) is 0 Å². The zero-order chi connectivity index (χ0) is 29.3. The van der Waals surface area contributed by atoms with Crippen LogP contribution < -0.4 is 11.2 Å². The molecule has 2 aromatic carbocycles. The number of hydrogen-bond donors (Lipinski definition) is 0. The quantitative estimate of drug-likeness (QED) is 0.465. The van der Waals surface area contributed by atoms with Gasteiger partial charge in [0.25, 0.3) is 5.56 Å². The van der Waals surface area contributed by atoms with Crippen molar-refractivity contribution in [2.45, 2.75) is 72.5 Å². The molecule has 1 fully saturated rings. The normalized spacial score (nSPS) is 16.2. The summed E-state index contributed by atoms with van der Waals surface area (Å²) in [5.41, 5.74) is 4.79. The Morgan fingerprint density at radius 2 is 1.61 bits per heavy atom. The van der Waals surface area contributed by atoms with Crippen LogP contribution in [0.1, 0.15) is 48.9 Å². The van der Waals surface area contributed by atoms with Crippen LogP contribution in [0.4, 0.5) is 0 Å². The summed E-state index contributed by atoms with van der Waals surface area (Å²) >= 11 is 0. The van der Waals surface area contributed by atoms with Gasteiger partial charge in [0.05, 0.1) is 12.0 Å². The molecule has 216 valence electrons. The molecule has 0 unspecified atom stereocenters. The minimum Gasteiger partial charge on any atom is -0.341 e. The summed E-state index contributed by atoms with van der Waals surface area (Å²) in [4.78, 5) is 57.2. The Hall–Kier alpha value is -3.94. The molecule has 8 nitrogen and oxygen atoms in total.